The van der Waals surface area contributed by atoms with Gasteiger partial charge < -0.3 is 10.1 Å². The van der Waals surface area contributed by atoms with Crippen molar-refractivity contribution in [2.75, 3.05) is 7.05 Å². The summed E-state index contributed by atoms with van der Waals surface area (Å²) in [6.07, 6.45) is 2.15. The topological polar surface area (TPSA) is 55.4 Å². The van der Waals surface area contributed by atoms with Crippen molar-refractivity contribution in [1.82, 2.24) is 5.32 Å². The van der Waals surface area contributed by atoms with E-state index in [4.69, 9.17) is 16.3 Å². The summed E-state index contributed by atoms with van der Waals surface area (Å²) in [5, 5.41) is 2.63. The number of ketones is 1. The van der Waals surface area contributed by atoms with E-state index >= 15 is 0 Å². The van der Waals surface area contributed by atoms with Crippen molar-refractivity contribution in [1.29, 1.82) is 0 Å². The molecule has 0 aromatic heterocycles. The molecule has 1 N–H and O–H groups in total. The third-order valence-corrected chi connectivity index (χ3v) is 5.43. The lowest BCUT2D eigenvalue weighted by Gasteiger charge is -2.08. The highest BCUT2D eigenvalue weighted by Crippen LogP contribution is 2.31. The molecule has 0 heterocycles. The third kappa shape index (κ3) is 4.52. The minimum Gasteiger partial charge on any atom is -0.489 e. The fourth-order valence-corrected chi connectivity index (χ4v) is 3.59. The molecule has 6 heteroatoms. The fraction of sp³-hybridized carbons (Fsp3) is 0.120. The van der Waals surface area contributed by atoms with Crippen molar-refractivity contribution in [3.8, 4) is 5.75 Å². The minimum atomic E-state index is -0.516. The Hall–Kier alpha value is -3.44. The molecule has 1 aliphatic carbocycles. The van der Waals surface area contributed by atoms with Crippen molar-refractivity contribution < 1.29 is 18.7 Å². The molecule has 1 amide bonds. The van der Waals surface area contributed by atoms with Gasteiger partial charge in [-0.1, -0.05) is 29.8 Å². The van der Waals surface area contributed by atoms with Crippen LogP contribution in [0.25, 0.3) is 6.08 Å². The van der Waals surface area contributed by atoms with E-state index < -0.39 is 5.82 Å². The molecule has 0 unspecified atom stereocenters. The molecular weight excluding hydrogens is 417 g/mol. The number of allylic oxidation sites excluding steroid dienone is 1. The average Bonchev–Trinajstić information content (AvgIpc) is 3.09. The number of carbonyl (C=O) groups excluding carboxylic acids is 2. The summed E-state index contributed by atoms with van der Waals surface area (Å²) < 4.78 is 19.6. The molecule has 31 heavy (non-hydrogen) atoms. The number of fused-ring (bicyclic) bond motifs is 1. The van der Waals surface area contributed by atoms with Crippen LogP contribution < -0.4 is 10.1 Å². The Bertz CT molecular complexity index is 1200. The smallest absolute Gasteiger partial charge is 0.251 e. The first kappa shape index (κ1) is 20.8. The summed E-state index contributed by atoms with van der Waals surface area (Å²) in [7, 11) is 1.59. The molecule has 0 aliphatic heterocycles. The molecule has 0 bridgehead atoms. The summed E-state index contributed by atoms with van der Waals surface area (Å²) in [4.78, 5) is 24.3. The van der Waals surface area contributed by atoms with Crippen molar-refractivity contribution in [2.45, 2.75) is 13.0 Å². The number of hydrogen-bond acceptors (Lipinski definition) is 3. The van der Waals surface area contributed by atoms with Crippen molar-refractivity contribution in [3.63, 3.8) is 0 Å². The van der Waals surface area contributed by atoms with Gasteiger partial charge in [0.05, 0.1) is 5.02 Å². The van der Waals surface area contributed by atoms with Gasteiger partial charge in [-0.15, -0.1) is 0 Å². The summed E-state index contributed by atoms with van der Waals surface area (Å²) in [6, 6.07) is 17.0. The van der Waals surface area contributed by atoms with Gasteiger partial charge in [0.15, 0.2) is 5.78 Å². The van der Waals surface area contributed by atoms with Crippen LogP contribution in [0, 0.1) is 5.82 Å². The Balaban J connectivity index is 1.46. The van der Waals surface area contributed by atoms with Crippen molar-refractivity contribution in [2.24, 2.45) is 0 Å². The predicted molar refractivity (Wildman–Crippen MR) is 118 cm³/mol. The summed E-state index contributed by atoms with van der Waals surface area (Å²) in [6.45, 7) is 0.341. The predicted octanol–water partition coefficient (Wildman–Crippen LogP) is 5.24. The maximum Gasteiger partial charge on any atom is 0.251 e. The second-order valence-corrected chi connectivity index (χ2v) is 7.64. The lowest BCUT2D eigenvalue weighted by Crippen LogP contribution is -2.17. The van der Waals surface area contributed by atoms with Crippen LogP contribution in [0.2, 0.25) is 5.02 Å². The van der Waals surface area contributed by atoms with Crippen LogP contribution in [-0.2, 0) is 13.0 Å². The Kier molecular flexibility index (Phi) is 5.87. The van der Waals surface area contributed by atoms with Gasteiger partial charge in [0, 0.05) is 30.2 Å². The number of nitrogens with one attached hydrogen (secondary N) is 1. The van der Waals surface area contributed by atoms with Crippen LogP contribution >= 0.6 is 11.6 Å². The van der Waals surface area contributed by atoms with E-state index in [9.17, 15) is 14.0 Å². The number of rotatable bonds is 5. The van der Waals surface area contributed by atoms with Gasteiger partial charge in [-0.25, -0.2) is 4.39 Å². The highest BCUT2D eigenvalue weighted by Gasteiger charge is 2.25. The summed E-state index contributed by atoms with van der Waals surface area (Å²) in [5.41, 5.74) is 4.20. The zero-order chi connectivity index (χ0) is 22.0. The first-order valence-corrected chi connectivity index (χ1v) is 10.1. The number of halogens is 2. The first-order chi connectivity index (χ1) is 14.9. The Morgan fingerprint density at radius 3 is 2.61 bits per heavy atom. The van der Waals surface area contributed by atoms with Gasteiger partial charge in [-0.05, 0) is 65.2 Å². The van der Waals surface area contributed by atoms with E-state index in [1.165, 1.54) is 12.1 Å². The van der Waals surface area contributed by atoms with Gasteiger partial charge >= 0.3 is 0 Å². The highest BCUT2D eigenvalue weighted by molar-refractivity contribution is 6.30. The number of hydrogen-bond donors (Lipinski definition) is 1. The zero-order valence-corrected chi connectivity index (χ0v) is 17.5. The lowest BCUT2D eigenvalue weighted by atomic mass is 10.1. The van der Waals surface area contributed by atoms with Gasteiger partial charge in [0.2, 0.25) is 0 Å². The number of Topliss-reactive ketones (excluding diaryl/α,β-unsaturated/α-hetero) is 1. The summed E-state index contributed by atoms with van der Waals surface area (Å²) >= 11 is 5.72. The van der Waals surface area contributed by atoms with Crippen LogP contribution in [-0.4, -0.2) is 18.7 Å². The number of amides is 1. The maximum atomic E-state index is 13.7. The van der Waals surface area contributed by atoms with Crippen molar-refractivity contribution in [3.05, 3.63) is 105 Å². The Morgan fingerprint density at radius 2 is 1.90 bits per heavy atom. The standard InChI is InChI=1S/C25H19ClFNO3/c1-28-25(30)17-5-2-15(3-6-17)14-31-20-7-8-21-18(13-20)12-19(24(21)29)10-16-4-9-22(26)23(27)11-16/h2-11,13H,12,14H2,1H3,(H,28,30)/b19-10+. The molecule has 0 saturated heterocycles. The zero-order valence-electron chi connectivity index (χ0n) is 16.7. The molecule has 0 radical (unpaired) electrons. The molecule has 0 saturated carbocycles. The van der Waals surface area contributed by atoms with Gasteiger partial charge in [-0.3, -0.25) is 9.59 Å². The number of carbonyl (C=O) groups is 2. The fourth-order valence-electron chi connectivity index (χ4n) is 3.47. The van der Waals surface area contributed by atoms with Gasteiger partial charge in [0.25, 0.3) is 5.91 Å². The Labute approximate surface area is 184 Å². The van der Waals surface area contributed by atoms with Crippen LogP contribution in [0.5, 0.6) is 5.75 Å². The highest BCUT2D eigenvalue weighted by atomic mass is 35.5. The van der Waals surface area contributed by atoms with Gasteiger partial charge in [0.1, 0.15) is 18.2 Å². The van der Waals surface area contributed by atoms with Crippen LogP contribution in [0.3, 0.4) is 0 Å². The maximum absolute atomic E-state index is 13.7. The molecule has 0 fully saturated rings. The normalized spacial score (nSPS) is 13.9. The molecule has 3 aromatic carbocycles. The molecule has 0 spiro atoms. The Morgan fingerprint density at radius 1 is 1.13 bits per heavy atom. The molecule has 4 rings (SSSR count). The average molecular weight is 436 g/mol. The molecule has 156 valence electrons. The SMILES string of the molecule is CNC(=O)c1ccc(COc2ccc3c(c2)C/C(=C\c2ccc(Cl)c(F)c2)C3=O)cc1. The van der Waals surface area contributed by atoms with Crippen LogP contribution in [0.15, 0.2) is 66.2 Å². The molecule has 3 aromatic rings. The second kappa shape index (κ2) is 8.74. The number of ether oxygens (including phenoxy) is 1. The van der Waals surface area contributed by atoms with Crippen molar-refractivity contribution >= 4 is 29.4 Å². The largest absolute Gasteiger partial charge is 0.489 e. The number of benzene rings is 3. The summed E-state index contributed by atoms with van der Waals surface area (Å²) in [5.74, 6) is -0.0682. The first-order valence-electron chi connectivity index (χ1n) is 9.71. The van der Waals surface area contributed by atoms with E-state index in [2.05, 4.69) is 5.32 Å². The molecule has 0 atom stereocenters. The van der Waals surface area contributed by atoms with E-state index in [0.717, 1.165) is 11.1 Å². The molecule has 4 nitrogen and oxygen atoms in total. The lowest BCUT2D eigenvalue weighted by molar-refractivity contribution is 0.0962. The molecular formula is C25H19ClFNO3. The molecule has 1 aliphatic rings. The van der Waals surface area contributed by atoms with E-state index in [0.29, 0.717) is 41.0 Å². The van der Waals surface area contributed by atoms with E-state index in [1.807, 2.05) is 18.2 Å². The monoisotopic (exact) mass is 435 g/mol. The van der Waals surface area contributed by atoms with Crippen LogP contribution in [0.1, 0.15) is 37.4 Å². The van der Waals surface area contributed by atoms with E-state index in [1.54, 1.807) is 43.5 Å². The van der Waals surface area contributed by atoms with Gasteiger partial charge in [-0.2, -0.15) is 0 Å². The quantitative estimate of drug-likeness (QED) is 0.557. The second-order valence-electron chi connectivity index (χ2n) is 7.23. The third-order valence-electron chi connectivity index (χ3n) is 5.13. The van der Waals surface area contributed by atoms with E-state index in [-0.39, 0.29) is 16.7 Å². The van der Waals surface area contributed by atoms with Crippen LogP contribution in [0.4, 0.5) is 4.39 Å². The minimum absolute atomic E-state index is 0.0493.